The molecule has 2 aromatic carbocycles. The largest absolute Gasteiger partial charge is 0.493 e. The molecule has 0 unspecified atom stereocenters. The van der Waals surface area contributed by atoms with Crippen molar-refractivity contribution in [3.05, 3.63) is 65.5 Å². The normalized spacial score (nSPS) is 18.4. The Hall–Kier alpha value is -2.40. The van der Waals surface area contributed by atoms with E-state index in [1.807, 2.05) is 11.0 Å². The highest BCUT2D eigenvalue weighted by Gasteiger charge is 2.42. The van der Waals surface area contributed by atoms with Gasteiger partial charge in [-0.3, -0.25) is 9.69 Å². The summed E-state index contributed by atoms with van der Waals surface area (Å²) in [4.78, 5) is 17.2. The molecule has 0 aromatic heterocycles. The number of rotatable bonds is 7. The summed E-state index contributed by atoms with van der Waals surface area (Å²) in [5.74, 6) is 1.25. The molecule has 2 fully saturated rings. The van der Waals surface area contributed by atoms with Gasteiger partial charge in [0.05, 0.1) is 13.0 Å². The van der Waals surface area contributed by atoms with Crippen LogP contribution in [0.25, 0.3) is 0 Å². The maximum absolute atomic E-state index is 13.9. The number of carbonyl (C=O) groups excluding carboxylic acids is 1. The van der Waals surface area contributed by atoms with E-state index < -0.39 is 0 Å². The van der Waals surface area contributed by atoms with Gasteiger partial charge < -0.3 is 9.64 Å². The van der Waals surface area contributed by atoms with Crippen molar-refractivity contribution < 1.29 is 13.9 Å². The molecule has 2 saturated heterocycles. The Bertz CT molecular complexity index is 921. The lowest BCUT2D eigenvalue weighted by atomic mass is 9.77. The van der Waals surface area contributed by atoms with Crippen molar-refractivity contribution in [2.24, 2.45) is 11.3 Å². The first-order valence-electron chi connectivity index (χ1n) is 11.9. The van der Waals surface area contributed by atoms with Crippen molar-refractivity contribution in [2.45, 2.75) is 46.1 Å². The van der Waals surface area contributed by atoms with E-state index in [0.717, 1.165) is 64.3 Å². The molecule has 2 aliphatic heterocycles. The van der Waals surface area contributed by atoms with Gasteiger partial charge in [0.15, 0.2) is 0 Å². The molecular formula is C27H35FN2O2. The van der Waals surface area contributed by atoms with Crippen molar-refractivity contribution in [1.82, 2.24) is 9.80 Å². The van der Waals surface area contributed by atoms with Crippen LogP contribution in [0.2, 0.25) is 0 Å². The van der Waals surface area contributed by atoms with Crippen LogP contribution in [-0.4, -0.2) is 48.5 Å². The summed E-state index contributed by atoms with van der Waals surface area (Å²) < 4.78 is 20.0. The third-order valence-corrected chi connectivity index (χ3v) is 6.95. The van der Waals surface area contributed by atoms with Crippen LogP contribution in [0.15, 0.2) is 48.5 Å². The fourth-order valence-corrected chi connectivity index (χ4v) is 4.93. The number of ether oxygens (including phenoxy) is 1. The SMILES string of the molecule is CC(C)COc1ccccc1CN1CCC2(CC1)CCN(C(=O)Cc1ccccc1F)C2. The number of piperidine rings is 1. The Morgan fingerprint density at radius 3 is 2.38 bits per heavy atom. The first kappa shape index (κ1) is 22.8. The summed E-state index contributed by atoms with van der Waals surface area (Å²) in [6, 6.07) is 14.9. The highest BCUT2D eigenvalue weighted by molar-refractivity contribution is 5.79. The van der Waals surface area contributed by atoms with Gasteiger partial charge in [0.2, 0.25) is 5.91 Å². The maximum atomic E-state index is 13.9. The molecule has 1 amide bonds. The fraction of sp³-hybridized carbons (Fsp3) is 0.519. The Kier molecular flexibility index (Phi) is 7.14. The summed E-state index contributed by atoms with van der Waals surface area (Å²) in [5, 5.41) is 0. The number of likely N-dealkylation sites (tertiary alicyclic amines) is 2. The molecule has 0 bridgehead atoms. The highest BCUT2D eigenvalue weighted by Crippen LogP contribution is 2.41. The van der Waals surface area contributed by atoms with Crippen LogP contribution in [0.3, 0.4) is 0 Å². The quantitative estimate of drug-likeness (QED) is 0.615. The van der Waals surface area contributed by atoms with Crippen LogP contribution in [0, 0.1) is 17.2 Å². The molecule has 2 aliphatic rings. The topological polar surface area (TPSA) is 32.8 Å². The summed E-state index contributed by atoms with van der Waals surface area (Å²) in [7, 11) is 0. The summed E-state index contributed by atoms with van der Waals surface area (Å²) in [6.07, 6.45) is 3.41. The Balaban J connectivity index is 1.30. The van der Waals surface area contributed by atoms with Crippen molar-refractivity contribution in [3.63, 3.8) is 0 Å². The molecule has 5 heteroatoms. The zero-order chi connectivity index (χ0) is 22.6. The molecule has 2 aromatic rings. The molecular weight excluding hydrogens is 403 g/mol. The Morgan fingerprint density at radius 1 is 1.00 bits per heavy atom. The van der Waals surface area contributed by atoms with Crippen LogP contribution >= 0.6 is 0 Å². The number of benzene rings is 2. The second-order valence-corrected chi connectivity index (χ2v) is 9.92. The van der Waals surface area contributed by atoms with E-state index in [-0.39, 0.29) is 23.6 Å². The number of amides is 1. The summed E-state index contributed by atoms with van der Waals surface area (Å²) in [5.41, 5.74) is 1.96. The van der Waals surface area contributed by atoms with E-state index in [1.165, 1.54) is 11.6 Å². The standard InChI is InChI=1S/C27H35FN2O2/c1-21(2)19-32-25-10-6-4-8-23(25)18-29-14-11-27(12-15-29)13-16-30(20-27)26(31)17-22-7-3-5-9-24(22)28/h3-10,21H,11-20H2,1-2H3. The molecule has 1 spiro atoms. The van der Waals surface area contributed by atoms with Gasteiger partial charge in [-0.1, -0.05) is 50.2 Å². The zero-order valence-corrected chi connectivity index (χ0v) is 19.4. The average Bonchev–Trinajstić information content (AvgIpc) is 3.20. The molecule has 0 N–H and O–H groups in total. The zero-order valence-electron chi connectivity index (χ0n) is 19.4. The summed E-state index contributed by atoms with van der Waals surface area (Å²) in [6.45, 7) is 9.64. The van der Waals surface area contributed by atoms with Crippen molar-refractivity contribution in [2.75, 3.05) is 32.8 Å². The monoisotopic (exact) mass is 438 g/mol. The lowest BCUT2D eigenvalue weighted by Gasteiger charge is -2.39. The van der Waals surface area contributed by atoms with Gasteiger partial charge in [0, 0.05) is 25.2 Å². The third kappa shape index (κ3) is 5.50. The molecule has 0 aliphatic carbocycles. The lowest BCUT2D eigenvalue weighted by Crippen LogP contribution is -2.42. The molecule has 2 heterocycles. The second-order valence-electron chi connectivity index (χ2n) is 9.92. The highest BCUT2D eigenvalue weighted by atomic mass is 19.1. The van der Waals surface area contributed by atoms with E-state index in [2.05, 4.69) is 36.9 Å². The van der Waals surface area contributed by atoms with Crippen LogP contribution in [0.4, 0.5) is 4.39 Å². The van der Waals surface area contributed by atoms with Crippen LogP contribution in [0.5, 0.6) is 5.75 Å². The van der Waals surface area contributed by atoms with E-state index in [4.69, 9.17) is 4.74 Å². The number of hydrogen-bond donors (Lipinski definition) is 0. The van der Waals surface area contributed by atoms with Crippen LogP contribution < -0.4 is 4.74 Å². The van der Waals surface area contributed by atoms with Gasteiger partial charge >= 0.3 is 0 Å². The van der Waals surface area contributed by atoms with E-state index in [9.17, 15) is 9.18 Å². The predicted octanol–water partition coefficient (Wildman–Crippen LogP) is 4.92. The fourth-order valence-electron chi connectivity index (χ4n) is 4.93. The summed E-state index contributed by atoms with van der Waals surface area (Å²) >= 11 is 0. The lowest BCUT2D eigenvalue weighted by molar-refractivity contribution is -0.130. The third-order valence-electron chi connectivity index (χ3n) is 6.95. The van der Waals surface area contributed by atoms with E-state index in [1.54, 1.807) is 18.2 Å². The first-order valence-corrected chi connectivity index (χ1v) is 11.9. The minimum Gasteiger partial charge on any atom is -0.493 e. The number of halogens is 1. The number of hydrogen-bond acceptors (Lipinski definition) is 3. The smallest absolute Gasteiger partial charge is 0.227 e. The molecule has 4 nitrogen and oxygen atoms in total. The van der Waals surface area contributed by atoms with Crippen molar-refractivity contribution in [1.29, 1.82) is 0 Å². The van der Waals surface area contributed by atoms with Crippen molar-refractivity contribution in [3.8, 4) is 5.75 Å². The van der Waals surface area contributed by atoms with Crippen molar-refractivity contribution >= 4 is 5.91 Å². The van der Waals surface area contributed by atoms with Crippen LogP contribution in [-0.2, 0) is 17.8 Å². The number of para-hydroxylation sites is 1. The van der Waals surface area contributed by atoms with Crippen LogP contribution in [0.1, 0.15) is 44.2 Å². The first-order chi connectivity index (χ1) is 15.4. The van der Waals surface area contributed by atoms with Gasteiger partial charge in [-0.25, -0.2) is 4.39 Å². The van der Waals surface area contributed by atoms with Gasteiger partial charge in [-0.15, -0.1) is 0 Å². The Morgan fingerprint density at radius 2 is 1.66 bits per heavy atom. The Labute approximate surface area is 191 Å². The predicted molar refractivity (Wildman–Crippen MR) is 125 cm³/mol. The van der Waals surface area contributed by atoms with E-state index in [0.29, 0.717) is 11.5 Å². The van der Waals surface area contributed by atoms with Gasteiger partial charge in [-0.2, -0.15) is 0 Å². The molecule has 0 saturated carbocycles. The van der Waals surface area contributed by atoms with Gasteiger partial charge in [0.1, 0.15) is 11.6 Å². The second kappa shape index (κ2) is 10.0. The molecule has 0 radical (unpaired) electrons. The molecule has 172 valence electrons. The van der Waals surface area contributed by atoms with E-state index >= 15 is 0 Å². The minimum atomic E-state index is -0.291. The van der Waals surface area contributed by atoms with Gasteiger partial charge in [0.25, 0.3) is 0 Å². The number of nitrogens with zero attached hydrogens (tertiary/aromatic N) is 2. The molecule has 32 heavy (non-hydrogen) atoms. The minimum absolute atomic E-state index is 0.0469. The molecule has 0 atom stereocenters. The molecule has 4 rings (SSSR count). The average molecular weight is 439 g/mol. The maximum Gasteiger partial charge on any atom is 0.227 e. The van der Waals surface area contributed by atoms with Gasteiger partial charge in [-0.05, 0) is 61.4 Å². The number of carbonyl (C=O) groups is 1.